The van der Waals surface area contributed by atoms with E-state index in [-0.39, 0.29) is 12.0 Å². The minimum atomic E-state index is -0.334. The van der Waals surface area contributed by atoms with Crippen LogP contribution in [0.1, 0.15) is 36.9 Å². The van der Waals surface area contributed by atoms with Gasteiger partial charge in [0, 0.05) is 9.37 Å². The number of aromatic nitrogens is 2. The average molecular weight is 355 g/mol. The number of thioether (sulfide) groups is 1. The summed E-state index contributed by atoms with van der Waals surface area (Å²) in [4.78, 5) is 5.57. The van der Waals surface area contributed by atoms with Crippen molar-refractivity contribution in [3.63, 3.8) is 0 Å². The lowest BCUT2D eigenvalue weighted by atomic mass is 10.1. The molecule has 2 aromatic rings. The van der Waals surface area contributed by atoms with Crippen LogP contribution in [0.4, 0.5) is 0 Å². The fourth-order valence-corrected chi connectivity index (χ4v) is 3.82. The molecule has 0 saturated heterocycles. The maximum absolute atomic E-state index is 9.86. The van der Waals surface area contributed by atoms with Crippen molar-refractivity contribution in [2.75, 3.05) is 0 Å². The average Bonchev–Trinajstić information content (AvgIpc) is 3.06. The molecule has 1 aliphatic carbocycles. The van der Waals surface area contributed by atoms with Crippen LogP contribution in [0.5, 0.6) is 0 Å². The summed E-state index contributed by atoms with van der Waals surface area (Å²) in [6, 6.07) is 8.06. The molecule has 2 atom stereocenters. The lowest BCUT2D eigenvalue weighted by molar-refractivity contribution is 0.148. The van der Waals surface area contributed by atoms with Crippen LogP contribution in [0.2, 0.25) is 0 Å². The van der Waals surface area contributed by atoms with Gasteiger partial charge in [-0.15, -0.1) is 11.8 Å². The number of aliphatic hydroxyl groups excluding tert-OH is 1. The highest BCUT2D eigenvalue weighted by Crippen LogP contribution is 2.34. The zero-order valence-corrected chi connectivity index (χ0v) is 13.2. The Morgan fingerprint density at radius 3 is 2.95 bits per heavy atom. The fraction of sp³-hybridized carbons (Fsp3) is 0.429. The number of benzene rings is 1. The molecule has 6 heteroatoms. The molecule has 1 fully saturated rings. The number of halogens is 1. The molecule has 1 saturated carbocycles. The molecular formula is C14H15BrN2O2S. The molecular weight excluding hydrogens is 340 g/mol. The quantitative estimate of drug-likeness (QED) is 0.847. The van der Waals surface area contributed by atoms with E-state index in [1.807, 2.05) is 18.2 Å². The summed E-state index contributed by atoms with van der Waals surface area (Å²) in [7, 11) is 0. The van der Waals surface area contributed by atoms with Crippen molar-refractivity contribution >= 4 is 27.7 Å². The van der Waals surface area contributed by atoms with Crippen molar-refractivity contribution in [2.24, 2.45) is 0 Å². The first-order valence-corrected chi connectivity index (χ1v) is 8.40. The van der Waals surface area contributed by atoms with Gasteiger partial charge in [-0.05, 0) is 47.3 Å². The second-order valence-corrected chi connectivity index (χ2v) is 6.74. The van der Waals surface area contributed by atoms with E-state index >= 15 is 0 Å². The standard InChI is InChI=1S/C14H15BrN2O2S/c15-10-5-1-2-7-12(10)20-8-13-16-14(19-17-13)9-4-3-6-11(9)18/h1-2,5,7,9,11,18H,3-4,6,8H2. The first-order valence-electron chi connectivity index (χ1n) is 6.62. The molecule has 106 valence electrons. The number of nitrogens with zero attached hydrogens (tertiary/aromatic N) is 2. The molecule has 3 rings (SSSR count). The highest BCUT2D eigenvalue weighted by atomic mass is 79.9. The molecule has 0 bridgehead atoms. The van der Waals surface area contributed by atoms with Crippen LogP contribution in [-0.2, 0) is 5.75 Å². The summed E-state index contributed by atoms with van der Waals surface area (Å²) in [6.07, 6.45) is 2.45. The first kappa shape index (κ1) is 14.1. The first-order chi connectivity index (χ1) is 9.74. The topological polar surface area (TPSA) is 59.2 Å². The van der Waals surface area contributed by atoms with Crippen molar-refractivity contribution in [1.29, 1.82) is 0 Å². The Balaban J connectivity index is 1.64. The van der Waals surface area contributed by atoms with E-state index < -0.39 is 0 Å². The van der Waals surface area contributed by atoms with Crippen molar-refractivity contribution in [1.82, 2.24) is 10.1 Å². The van der Waals surface area contributed by atoms with Crippen LogP contribution < -0.4 is 0 Å². The summed E-state index contributed by atoms with van der Waals surface area (Å²) >= 11 is 5.18. The lowest BCUT2D eigenvalue weighted by Gasteiger charge is -2.07. The van der Waals surface area contributed by atoms with Gasteiger partial charge in [-0.25, -0.2) is 0 Å². The Bertz CT molecular complexity index is 590. The maximum atomic E-state index is 9.86. The minimum Gasteiger partial charge on any atom is -0.392 e. The molecule has 0 radical (unpaired) electrons. The fourth-order valence-electron chi connectivity index (χ4n) is 2.41. The van der Waals surface area contributed by atoms with Gasteiger partial charge < -0.3 is 9.63 Å². The third-order valence-electron chi connectivity index (χ3n) is 3.47. The predicted octanol–water partition coefficient (Wildman–Crippen LogP) is 3.75. The van der Waals surface area contributed by atoms with Crippen molar-refractivity contribution in [3.8, 4) is 0 Å². The van der Waals surface area contributed by atoms with Gasteiger partial charge in [0.15, 0.2) is 5.82 Å². The predicted molar refractivity (Wildman–Crippen MR) is 80.6 cm³/mol. The van der Waals surface area contributed by atoms with Crippen LogP contribution in [0.15, 0.2) is 38.2 Å². The van der Waals surface area contributed by atoms with Gasteiger partial charge in [0.05, 0.1) is 17.8 Å². The normalized spacial score (nSPS) is 22.3. The molecule has 0 spiro atoms. The second kappa shape index (κ2) is 6.28. The Labute approximate surface area is 130 Å². The van der Waals surface area contributed by atoms with Crippen LogP contribution in [0.25, 0.3) is 0 Å². The van der Waals surface area contributed by atoms with E-state index in [4.69, 9.17) is 4.52 Å². The Hall–Kier alpha value is -0.850. The largest absolute Gasteiger partial charge is 0.392 e. The summed E-state index contributed by atoms with van der Waals surface area (Å²) in [6.45, 7) is 0. The van der Waals surface area contributed by atoms with E-state index in [0.29, 0.717) is 17.5 Å². The molecule has 0 aliphatic heterocycles. The van der Waals surface area contributed by atoms with E-state index in [0.717, 1.165) is 28.6 Å². The summed E-state index contributed by atoms with van der Waals surface area (Å²) in [5.74, 6) is 1.94. The molecule has 1 aliphatic rings. The van der Waals surface area contributed by atoms with Crippen molar-refractivity contribution < 1.29 is 9.63 Å². The van der Waals surface area contributed by atoms with Crippen molar-refractivity contribution in [3.05, 3.63) is 40.5 Å². The minimum absolute atomic E-state index is 0.0183. The van der Waals surface area contributed by atoms with E-state index in [1.54, 1.807) is 11.8 Å². The zero-order chi connectivity index (χ0) is 13.9. The Morgan fingerprint density at radius 2 is 2.20 bits per heavy atom. The third kappa shape index (κ3) is 3.07. The van der Waals surface area contributed by atoms with Crippen LogP contribution in [-0.4, -0.2) is 21.4 Å². The van der Waals surface area contributed by atoms with Gasteiger partial charge in [-0.1, -0.05) is 17.3 Å². The smallest absolute Gasteiger partial charge is 0.232 e. The SMILES string of the molecule is OC1CCCC1c1nc(CSc2ccccc2Br)no1. The molecule has 1 N–H and O–H groups in total. The Kier molecular flexibility index (Phi) is 4.43. The lowest BCUT2D eigenvalue weighted by Crippen LogP contribution is -2.11. The Morgan fingerprint density at radius 1 is 1.35 bits per heavy atom. The van der Waals surface area contributed by atoms with Crippen LogP contribution in [0.3, 0.4) is 0 Å². The van der Waals surface area contributed by atoms with Gasteiger partial charge in [0.25, 0.3) is 0 Å². The van der Waals surface area contributed by atoms with Gasteiger partial charge in [0.1, 0.15) is 0 Å². The molecule has 0 amide bonds. The van der Waals surface area contributed by atoms with Crippen molar-refractivity contribution in [2.45, 2.75) is 41.9 Å². The monoisotopic (exact) mass is 354 g/mol. The number of hydrogen-bond acceptors (Lipinski definition) is 5. The molecule has 2 unspecified atom stereocenters. The maximum Gasteiger partial charge on any atom is 0.232 e. The molecule has 20 heavy (non-hydrogen) atoms. The molecule has 4 nitrogen and oxygen atoms in total. The number of aliphatic hydroxyl groups is 1. The molecule has 1 heterocycles. The van der Waals surface area contributed by atoms with E-state index in [9.17, 15) is 5.11 Å². The van der Waals surface area contributed by atoms with Gasteiger partial charge in [-0.3, -0.25) is 0 Å². The summed E-state index contributed by atoms with van der Waals surface area (Å²) < 4.78 is 6.36. The van der Waals surface area contributed by atoms with Crippen LogP contribution >= 0.6 is 27.7 Å². The van der Waals surface area contributed by atoms with Crippen LogP contribution in [0, 0.1) is 0 Å². The third-order valence-corrected chi connectivity index (χ3v) is 5.50. The van der Waals surface area contributed by atoms with E-state index in [1.165, 1.54) is 0 Å². The molecule has 1 aromatic carbocycles. The summed E-state index contributed by atoms with van der Waals surface area (Å²) in [5.41, 5.74) is 0. The zero-order valence-electron chi connectivity index (χ0n) is 10.8. The molecule has 1 aromatic heterocycles. The van der Waals surface area contributed by atoms with Gasteiger partial charge >= 0.3 is 0 Å². The van der Waals surface area contributed by atoms with Gasteiger partial charge in [0.2, 0.25) is 5.89 Å². The highest BCUT2D eigenvalue weighted by molar-refractivity contribution is 9.10. The highest BCUT2D eigenvalue weighted by Gasteiger charge is 2.31. The summed E-state index contributed by atoms with van der Waals surface area (Å²) in [5, 5.41) is 13.9. The second-order valence-electron chi connectivity index (χ2n) is 4.87. The number of hydrogen-bond donors (Lipinski definition) is 1. The number of rotatable bonds is 4. The van der Waals surface area contributed by atoms with E-state index in [2.05, 4.69) is 32.1 Å². The van der Waals surface area contributed by atoms with Gasteiger partial charge in [-0.2, -0.15) is 4.98 Å².